The van der Waals surface area contributed by atoms with Gasteiger partial charge in [-0.2, -0.15) is 0 Å². The Morgan fingerprint density at radius 1 is 1.31 bits per heavy atom. The summed E-state index contributed by atoms with van der Waals surface area (Å²) in [7, 11) is 0. The van der Waals surface area contributed by atoms with Crippen molar-refractivity contribution in [3.8, 4) is 5.75 Å². The highest BCUT2D eigenvalue weighted by molar-refractivity contribution is 5.28. The monoisotopic (exact) mass is 227 g/mol. The molecule has 1 aromatic carbocycles. The first-order valence-corrected chi connectivity index (χ1v) is 5.35. The van der Waals surface area contributed by atoms with Crippen LogP contribution in [0.4, 0.5) is 4.39 Å². The van der Waals surface area contributed by atoms with Crippen molar-refractivity contribution in [2.75, 3.05) is 6.61 Å². The molecule has 0 saturated heterocycles. The fourth-order valence-electron chi connectivity index (χ4n) is 1.37. The number of aliphatic hydroxyl groups is 1. The minimum absolute atomic E-state index is 0.0698. The molecule has 0 aliphatic heterocycles. The van der Waals surface area contributed by atoms with Crippen molar-refractivity contribution in [2.24, 2.45) is 5.92 Å². The van der Waals surface area contributed by atoms with Crippen LogP contribution in [0.1, 0.15) is 19.4 Å². The minimum atomic E-state index is -0.445. The summed E-state index contributed by atoms with van der Waals surface area (Å²) >= 11 is 0. The molecule has 16 heavy (non-hydrogen) atoms. The van der Waals surface area contributed by atoms with E-state index >= 15 is 0 Å². The lowest BCUT2D eigenvalue weighted by Crippen LogP contribution is -2.33. The Hall–Kier alpha value is -1.13. The van der Waals surface area contributed by atoms with Gasteiger partial charge in [-0.1, -0.05) is 6.92 Å². The van der Waals surface area contributed by atoms with Gasteiger partial charge < -0.3 is 15.5 Å². The normalized spacial score (nSPS) is 14.8. The van der Waals surface area contributed by atoms with Gasteiger partial charge in [-0.15, -0.1) is 0 Å². The molecule has 90 valence electrons. The van der Waals surface area contributed by atoms with Crippen molar-refractivity contribution in [3.05, 3.63) is 29.6 Å². The summed E-state index contributed by atoms with van der Waals surface area (Å²) in [6.07, 6.45) is 0. The summed E-state index contributed by atoms with van der Waals surface area (Å²) in [5, 5.41) is 21.3. The highest BCUT2D eigenvalue weighted by atomic mass is 19.1. The molecule has 4 heteroatoms. The Bertz CT molecular complexity index is 324. The third-order valence-corrected chi connectivity index (χ3v) is 2.71. The van der Waals surface area contributed by atoms with Gasteiger partial charge in [0.15, 0.2) is 0 Å². The van der Waals surface area contributed by atoms with Crippen molar-refractivity contribution in [1.29, 1.82) is 0 Å². The van der Waals surface area contributed by atoms with Crippen LogP contribution in [0.3, 0.4) is 0 Å². The Balaban J connectivity index is 2.54. The Morgan fingerprint density at radius 2 is 2.00 bits per heavy atom. The molecule has 1 aromatic rings. The Kier molecular flexibility index (Phi) is 4.71. The van der Waals surface area contributed by atoms with E-state index in [-0.39, 0.29) is 24.3 Å². The van der Waals surface area contributed by atoms with Gasteiger partial charge >= 0.3 is 0 Å². The maximum atomic E-state index is 12.9. The molecule has 0 aromatic heterocycles. The molecule has 0 amide bonds. The zero-order valence-electron chi connectivity index (χ0n) is 9.57. The topological polar surface area (TPSA) is 52.5 Å². The zero-order valence-corrected chi connectivity index (χ0v) is 9.57. The predicted octanol–water partition coefficient (Wildman–Crippen LogP) is 1.64. The fraction of sp³-hybridized carbons (Fsp3) is 0.500. The van der Waals surface area contributed by atoms with E-state index in [0.29, 0.717) is 12.1 Å². The van der Waals surface area contributed by atoms with Crippen LogP contribution in [-0.2, 0) is 6.54 Å². The van der Waals surface area contributed by atoms with E-state index in [1.807, 2.05) is 13.8 Å². The van der Waals surface area contributed by atoms with Gasteiger partial charge in [0.05, 0.1) is 0 Å². The first-order chi connectivity index (χ1) is 7.52. The third kappa shape index (κ3) is 3.79. The van der Waals surface area contributed by atoms with Gasteiger partial charge in [0.2, 0.25) is 0 Å². The van der Waals surface area contributed by atoms with E-state index in [2.05, 4.69) is 5.32 Å². The lowest BCUT2D eigenvalue weighted by molar-refractivity contribution is 0.207. The number of rotatable bonds is 5. The maximum absolute atomic E-state index is 12.9. The minimum Gasteiger partial charge on any atom is -0.508 e. The molecular weight excluding hydrogens is 209 g/mol. The molecule has 0 radical (unpaired) electrons. The van der Waals surface area contributed by atoms with E-state index in [1.165, 1.54) is 12.1 Å². The molecule has 0 spiro atoms. The van der Waals surface area contributed by atoms with Crippen LogP contribution in [0.5, 0.6) is 5.75 Å². The van der Waals surface area contributed by atoms with Gasteiger partial charge in [-0.05, 0) is 30.5 Å². The molecule has 1 rings (SSSR count). The summed E-state index contributed by atoms with van der Waals surface area (Å²) in [6.45, 7) is 4.47. The second-order valence-electron chi connectivity index (χ2n) is 4.15. The highest BCUT2D eigenvalue weighted by Gasteiger charge is 2.10. The van der Waals surface area contributed by atoms with Crippen LogP contribution in [0.25, 0.3) is 0 Å². The number of phenols is 1. The average Bonchev–Trinajstić information content (AvgIpc) is 2.23. The summed E-state index contributed by atoms with van der Waals surface area (Å²) in [5.74, 6) is -0.374. The first-order valence-electron chi connectivity index (χ1n) is 5.35. The molecule has 0 aliphatic rings. The molecular formula is C12H18FNO2. The number of phenolic OH excluding ortho intramolecular Hbond substituents is 1. The first kappa shape index (κ1) is 12.9. The lowest BCUT2D eigenvalue weighted by Gasteiger charge is -2.19. The lowest BCUT2D eigenvalue weighted by atomic mass is 10.0. The van der Waals surface area contributed by atoms with Crippen LogP contribution in [0.2, 0.25) is 0 Å². The maximum Gasteiger partial charge on any atom is 0.127 e. The molecule has 3 nitrogen and oxygen atoms in total. The summed E-state index contributed by atoms with van der Waals surface area (Å²) in [4.78, 5) is 0. The second-order valence-corrected chi connectivity index (χ2v) is 4.15. The number of hydrogen-bond acceptors (Lipinski definition) is 3. The molecule has 0 fully saturated rings. The van der Waals surface area contributed by atoms with Crippen LogP contribution in [0, 0.1) is 11.7 Å². The number of benzene rings is 1. The second kappa shape index (κ2) is 5.82. The largest absolute Gasteiger partial charge is 0.508 e. The van der Waals surface area contributed by atoms with E-state index in [0.717, 1.165) is 6.07 Å². The summed E-state index contributed by atoms with van der Waals surface area (Å²) < 4.78 is 12.9. The van der Waals surface area contributed by atoms with Gasteiger partial charge in [0.25, 0.3) is 0 Å². The van der Waals surface area contributed by atoms with Crippen LogP contribution >= 0.6 is 0 Å². The summed E-state index contributed by atoms with van der Waals surface area (Å²) in [5.41, 5.74) is 0.689. The van der Waals surface area contributed by atoms with Gasteiger partial charge in [-0.25, -0.2) is 4.39 Å². The predicted molar refractivity (Wildman–Crippen MR) is 60.6 cm³/mol. The molecule has 0 bridgehead atoms. The van der Waals surface area contributed by atoms with Crippen molar-refractivity contribution < 1.29 is 14.6 Å². The Morgan fingerprint density at radius 3 is 2.56 bits per heavy atom. The Labute approximate surface area is 94.9 Å². The molecule has 3 N–H and O–H groups in total. The van der Waals surface area contributed by atoms with E-state index < -0.39 is 5.82 Å². The standard InChI is InChI=1S/C12H18FNO2/c1-8(7-15)9(2)14-6-10-3-11(13)5-12(16)4-10/h3-5,8-9,14-16H,6-7H2,1-2H3. The molecule has 0 saturated carbocycles. The van der Waals surface area contributed by atoms with Crippen molar-refractivity contribution in [1.82, 2.24) is 5.32 Å². The SMILES string of the molecule is CC(CO)C(C)NCc1cc(O)cc(F)c1. The summed E-state index contributed by atoms with van der Waals surface area (Å²) in [6, 6.07) is 4.11. The van der Waals surface area contributed by atoms with Crippen molar-refractivity contribution >= 4 is 0 Å². The van der Waals surface area contributed by atoms with Crippen molar-refractivity contribution in [2.45, 2.75) is 26.4 Å². The van der Waals surface area contributed by atoms with Crippen LogP contribution < -0.4 is 5.32 Å². The third-order valence-electron chi connectivity index (χ3n) is 2.71. The molecule has 0 heterocycles. The number of hydrogen-bond donors (Lipinski definition) is 3. The van der Waals surface area contributed by atoms with E-state index in [9.17, 15) is 9.50 Å². The molecule has 2 unspecified atom stereocenters. The number of aliphatic hydroxyl groups excluding tert-OH is 1. The van der Waals surface area contributed by atoms with Gasteiger partial charge in [0, 0.05) is 25.3 Å². The zero-order chi connectivity index (χ0) is 12.1. The highest BCUT2D eigenvalue weighted by Crippen LogP contribution is 2.14. The number of aromatic hydroxyl groups is 1. The van der Waals surface area contributed by atoms with E-state index in [4.69, 9.17) is 5.11 Å². The van der Waals surface area contributed by atoms with Crippen molar-refractivity contribution in [3.63, 3.8) is 0 Å². The molecule has 2 atom stereocenters. The van der Waals surface area contributed by atoms with Gasteiger partial charge in [-0.3, -0.25) is 0 Å². The van der Waals surface area contributed by atoms with Crippen LogP contribution in [0.15, 0.2) is 18.2 Å². The fourth-order valence-corrected chi connectivity index (χ4v) is 1.37. The van der Waals surface area contributed by atoms with Crippen LogP contribution in [-0.4, -0.2) is 22.9 Å². The smallest absolute Gasteiger partial charge is 0.127 e. The molecule has 0 aliphatic carbocycles. The number of nitrogens with one attached hydrogen (secondary N) is 1. The van der Waals surface area contributed by atoms with E-state index in [1.54, 1.807) is 0 Å². The number of halogens is 1. The average molecular weight is 227 g/mol. The van der Waals surface area contributed by atoms with Gasteiger partial charge in [0.1, 0.15) is 11.6 Å². The quantitative estimate of drug-likeness (QED) is 0.716.